The monoisotopic (exact) mass is 469 g/mol. The van der Waals surface area contributed by atoms with Gasteiger partial charge in [0.2, 0.25) is 5.91 Å². The lowest BCUT2D eigenvalue weighted by Gasteiger charge is -2.32. The smallest absolute Gasteiger partial charge is 0.223 e. The Morgan fingerprint density at radius 1 is 1.11 bits per heavy atom. The van der Waals surface area contributed by atoms with Crippen LogP contribution < -0.4 is 15.0 Å². The predicted molar refractivity (Wildman–Crippen MR) is 138 cm³/mol. The molecule has 0 radical (unpaired) electrons. The van der Waals surface area contributed by atoms with Crippen LogP contribution in [0.4, 0.5) is 5.82 Å². The molecule has 1 N–H and O–H groups in total. The second kappa shape index (κ2) is 10.2. The van der Waals surface area contributed by atoms with Crippen molar-refractivity contribution in [1.29, 1.82) is 0 Å². The van der Waals surface area contributed by atoms with Crippen molar-refractivity contribution < 1.29 is 9.53 Å². The highest BCUT2D eigenvalue weighted by atomic mass is 16.5. The molecule has 2 aromatic carbocycles. The first kappa shape index (κ1) is 22.9. The van der Waals surface area contributed by atoms with E-state index in [1.165, 1.54) is 0 Å². The zero-order valence-electron chi connectivity index (χ0n) is 20.2. The van der Waals surface area contributed by atoms with Crippen LogP contribution in [0.25, 0.3) is 16.8 Å². The van der Waals surface area contributed by atoms with Crippen molar-refractivity contribution in [2.45, 2.75) is 32.7 Å². The Morgan fingerprint density at radius 3 is 2.57 bits per heavy atom. The van der Waals surface area contributed by atoms with Crippen LogP contribution in [0.15, 0.2) is 73.1 Å². The third-order valence-electron chi connectivity index (χ3n) is 6.65. The lowest BCUT2D eigenvalue weighted by Crippen LogP contribution is -2.41. The van der Waals surface area contributed by atoms with E-state index in [0.717, 1.165) is 59.8 Å². The lowest BCUT2D eigenvalue weighted by molar-refractivity contribution is -0.126. The molecule has 1 atom stereocenters. The van der Waals surface area contributed by atoms with Gasteiger partial charge in [-0.3, -0.25) is 4.79 Å². The number of aromatic nitrogens is 3. The summed E-state index contributed by atoms with van der Waals surface area (Å²) in [7, 11) is 0. The summed E-state index contributed by atoms with van der Waals surface area (Å²) in [5.74, 6) is 1.91. The van der Waals surface area contributed by atoms with Crippen molar-refractivity contribution in [3.8, 4) is 17.0 Å². The van der Waals surface area contributed by atoms with E-state index in [-0.39, 0.29) is 17.9 Å². The van der Waals surface area contributed by atoms with E-state index in [1.54, 1.807) is 6.20 Å². The maximum absolute atomic E-state index is 12.9. The van der Waals surface area contributed by atoms with E-state index in [0.29, 0.717) is 6.61 Å². The van der Waals surface area contributed by atoms with Gasteiger partial charge in [0.15, 0.2) is 5.82 Å². The predicted octanol–water partition coefficient (Wildman–Crippen LogP) is 4.89. The summed E-state index contributed by atoms with van der Waals surface area (Å²) in [6.07, 6.45) is 5.27. The van der Waals surface area contributed by atoms with Gasteiger partial charge < -0.3 is 15.0 Å². The first-order chi connectivity index (χ1) is 17.1. The van der Waals surface area contributed by atoms with Gasteiger partial charge in [-0.25, -0.2) is 9.50 Å². The summed E-state index contributed by atoms with van der Waals surface area (Å²) in [4.78, 5) is 19.8. The second-order valence-corrected chi connectivity index (χ2v) is 8.97. The molecule has 3 heterocycles. The maximum Gasteiger partial charge on any atom is 0.223 e. The van der Waals surface area contributed by atoms with Crippen LogP contribution in [-0.2, 0) is 4.79 Å². The number of fused-ring (bicyclic) bond motifs is 1. The van der Waals surface area contributed by atoms with Crippen molar-refractivity contribution in [2.24, 2.45) is 5.92 Å². The molecule has 4 aromatic rings. The molecule has 0 saturated carbocycles. The van der Waals surface area contributed by atoms with Gasteiger partial charge in [-0.1, -0.05) is 30.3 Å². The van der Waals surface area contributed by atoms with Crippen LogP contribution in [0, 0.1) is 5.92 Å². The van der Waals surface area contributed by atoms with Crippen LogP contribution in [0.5, 0.6) is 5.75 Å². The molecule has 1 amide bonds. The quantitative estimate of drug-likeness (QED) is 0.417. The number of carbonyl (C=O) groups excluding carboxylic acids is 1. The Labute approximate surface area is 205 Å². The third-order valence-corrected chi connectivity index (χ3v) is 6.65. The Balaban J connectivity index is 1.26. The molecule has 5 rings (SSSR count). The Kier molecular flexibility index (Phi) is 6.66. The van der Waals surface area contributed by atoms with Crippen molar-refractivity contribution in [3.63, 3.8) is 0 Å². The van der Waals surface area contributed by atoms with E-state index in [9.17, 15) is 4.79 Å². The second-order valence-electron chi connectivity index (χ2n) is 8.97. The van der Waals surface area contributed by atoms with Gasteiger partial charge in [-0.2, -0.15) is 5.10 Å². The molecule has 0 aliphatic carbocycles. The zero-order chi connectivity index (χ0) is 24.2. The van der Waals surface area contributed by atoms with Crippen LogP contribution in [-0.4, -0.2) is 40.2 Å². The van der Waals surface area contributed by atoms with Gasteiger partial charge in [-0.15, -0.1) is 0 Å². The molecular formula is C28H31N5O2. The molecule has 1 unspecified atom stereocenters. The van der Waals surface area contributed by atoms with E-state index >= 15 is 0 Å². The number of piperidine rings is 1. The summed E-state index contributed by atoms with van der Waals surface area (Å²) in [6.45, 7) is 6.23. The summed E-state index contributed by atoms with van der Waals surface area (Å²) in [5, 5.41) is 7.95. The minimum absolute atomic E-state index is 0.00459. The number of nitrogens with one attached hydrogen (secondary N) is 1. The van der Waals surface area contributed by atoms with Gasteiger partial charge in [0.25, 0.3) is 0 Å². The summed E-state index contributed by atoms with van der Waals surface area (Å²) >= 11 is 0. The molecule has 1 aliphatic heterocycles. The number of rotatable bonds is 7. The Hall–Kier alpha value is -3.87. The van der Waals surface area contributed by atoms with Crippen LogP contribution in [0.3, 0.4) is 0 Å². The average Bonchev–Trinajstić information content (AvgIpc) is 3.34. The number of hydrogen-bond acceptors (Lipinski definition) is 5. The van der Waals surface area contributed by atoms with Crippen LogP contribution >= 0.6 is 0 Å². The molecule has 7 nitrogen and oxygen atoms in total. The van der Waals surface area contributed by atoms with E-state index in [1.807, 2.05) is 79.2 Å². The van der Waals surface area contributed by atoms with Crippen molar-refractivity contribution >= 4 is 17.2 Å². The zero-order valence-corrected chi connectivity index (χ0v) is 20.2. The maximum atomic E-state index is 12.9. The molecule has 7 heteroatoms. The number of amides is 1. The van der Waals surface area contributed by atoms with Gasteiger partial charge in [0.05, 0.1) is 18.3 Å². The van der Waals surface area contributed by atoms with Gasteiger partial charge in [-0.05, 0) is 62.6 Å². The normalized spacial score (nSPS) is 15.2. The van der Waals surface area contributed by atoms with Crippen molar-refractivity contribution in [2.75, 3.05) is 24.6 Å². The first-order valence-electron chi connectivity index (χ1n) is 12.3. The minimum Gasteiger partial charge on any atom is -0.494 e. The number of anilines is 1. The minimum atomic E-state index is 0.00459. The molecular weight excluding hydrogens is 438 g/mol. The number of hydrogen-bond donors (Lipinski definition) is 1. The van der Waals surface area contributed by atoms with Gasteiger partial charge in [0, 0.05) is 37.0 Å². The fourth-order valence-electron chi connectivity index (χ4n) is 4.69. The average molecular weight is 470 g/mol. The lowest BCUT2D eigenvalue weighted by atomic mass is 9.95. The molecule has 0 spiro atoms. The first-order valence-corrected chi connectivity index (χ1v) is 12.3. The summed E-state index contributed by atoms with van der Waals surface area (Å²) < 4.78 is 7.44. The topological polar surface area (TPSA) is 71.8 Å². The number of nitrogens with zero attached hydrogens (tertiary/aromatic N) is 4. The highest BCUT2D eigenvalue weighted by Crippen LogP contribution is 2.29. The molecule has 0 bridgehead atoms. The van der Waals surface area contributed by atoms with Crippen molar-refractivity contribution in [3.05, 3.63) is 78.6 Å². The summed E-state index contributed by atoms with van der Waals surface area (Å²) in [5.41, 5.74) is 4.02. The Bertz CT molecular complexity index is 1280. The van der Waals surface area contributed by atoms with Crippen LogP contribution in [0.1, 0.15) is 38.3 Å². The third kappa shape index (κ3) is 4.99. The number of benzene rings is 2. The van der Waals surface area contributed by atoms with Crippen molar-refractivity contribution in [1.82, 2.24) is 19.9 Å². The molecule has 1 saturated heterocycles. The van der Waals surface area contributed by atoms with Gasteiger partial charge >= 0.3 is 0 Å². The highest BCUT2D eigenvalue weighted by molar-refractivity contribution is 5.80. The fraction of sp³-hybridized carbons (Fsp3) is 0.321. The van der Waals surface area contributed by atoms with Crippen LogP contribution in [0.2, 0.25) is 0 Å². The fourth-order valence-corrected chi connectivity index (χ4v) is 4.69. The molecule has 35 heavy (non-hydrogen) atoms. The Morgan fingerprint density at radius 2 is 1.86 bits per heavy atom. The SMILES string of the molecule is CCOc1ccc(-c2cc3c(N4CCC(C(=O)NC(C)c5ccccc5)CC4)nccn3n2)cc1. The standard InChI is InChI=1S/C28H31N5O2/c1-3-35-24-11-9-22(10-12-24)25-19-26-27(29-15-18-33(26)31-25)32-16-13-23(14-17-32)28(34)30-20(2)21-7-5-4-6-8-21/h4-12,15,18-20,23H,3,13-14,16-17H2,1-2H3,(H,30,34). The molecule has 1 aliphatic rings. The number of carbonyl (C=O) groups is 1. The van der Waals surface area contributed by atoms with Gasteiger partial charge in [0.1, 0.15) is 11.3 Å². The number of ether oxygens (including phenoxy) is 1. The highest BCUT2D eigenvalue weighted by Gasteiger charge is 2.27. The van der Waals surface area contributed by atoms with E-state index in [2.05, 4.69) is 21.3 Å². The summed E-state index contributed by atoms with van der Waals surface area (Å²) in [6, 6.07) is 20.2. The largest absolute Gasteiger partial charge is 0.494 e. The van der Waals surface area contributed by atoms with E-state index < -0.39 is 0 Å². The molecule has 1 fully saturated rings. The molecule has 180 valence electrons. The molecule has 2 aromatic heterocycles. The van der Waals surface area contributed by atoms with E-state index in [4.69, 9.17) is 9.84 Å².